The van der Waals surface area contributed by atoms with Crippen LogP contribution in [-0.2, 0) is 4.79 Å². The Bertz CT molecular complexity index is 1400. The van der Waals surface area contributed by atoms with E-state index in [9.17, 15) is 19.2 Å². The van der Waals surface area contributed by atoms with Crippen molar-refractivity contribution in [2.75, 3.05) is 19.9 Å². The lowest BCUT2D eigenvalue weighted by atomic mass is 10.1. The van der Waals surface area contributed by atoms with Crippen LogP contribution in [0.25, 0.3) is 17.0 Å². The van der Waals surface area contributed by atoms with Crippen LogP contribution in [0.5, 0.6) is 11.5 Å². The van der Waals surface area contributed by atoms with Crippen molar-refractivity contribution in [3.63, 3.8) is 0 Å². The van der Waals surface area contributed by atoms with E-state index in [1.165, 1.54) is 6.20 Å². The van der Waals surface area contributed by atoms with Gasteiger partial charge in [0.2, 0.25) is 12.2 Å². The Labute approximate surface area is 191 Å². The van der Waals surface area contributed by atoms with E-state index in [4.69, 9.17) is 9.47 Å². The predicted octanol–water partition coefficient (Wildman–Crippen LogP) is 2.72. The number of carbonyl (C=O) groups is 3. The molecule has 3 heterocycles. The molecule has 2 N–H and O–H groups in total. The fraction of sp³-hybridized carbons (Fsp3) is 0.130. The third-order valence-corrected chi connectivity index (χ3v) is 6.13. The molecule has 0 atom stereocenters. The minimum absolute atomic E-state index is 0.0135. The Balaban J connectivity index is 1.24. The summed E-state index contributed by atoms with van der Waals surface area (Å²) in [6.07, 6.45) is 2.97. The number of aromatic amines is 1. The molecule has 3 amide bonds. The van der Waals surface area contributed by atoms with Gasteiger partial charge in [0.1, 0.15) is 5.56 Å². The standard InChI is InChI=1S/C23H17N3O6S/c27-20-14-3-1-2-4-16(14)25-11-15(20)21(28)24-7-8-26-22(29)19(33-23(26)30)10-13-5-6-17-18(9-13)32-12-31-17/h1-6,9-11H,7-8,12H2,(H,24,28)(H,25,27)/b19-10+. The summed E-state index contributed by atoms with van der Waals surface area (Å²) in [5.41, 5.74) is 0.907. The Morgan fingerprint density at radius 3 is 2.82 bits per heavy atom. The number of para-hydroxylation sites is 1. The molecule has 166 valence electrons. The van der Waals surface area contributed by atoms with Crippen molar-refractivity contribution < 1.29 is 23.9 Å². The molecule has 33 heavy (non-hydrogen) atoms. The van der Waals surface area contributed by atoms with Crippen LogP contribution < -0.4 is 20.2 Å². The lowest BCUT2D eigenvalue weighted by molar-refractivity contribution is -0.122. The lowest BCUT2D eigenvalue weighted by Gasteiger charge is -2.13. The number of H-pyrrole nitrogens is 1. The summed E-state index contributed by atoms with van der Waals surface area (Å²) in [6.45, 7) is 0.146. The number of aromatic nitrogens is 1. The van der Waals surface area contributed by atoms with Gasteiger partial charge in [0.25, 0.3) is 17.1 Å². The molecule has 5 rings (SSSR count). The second-order valence-corrected chi connectivity index (χ2v) is 8.27. The predicted molar refractivity (Wildman–Crippen MR) is 122 cm³/mol. The van der Waals surface area contributed by atoms with E-state index in [1.54, 1.807) is 48.5 Å². The molecule has 0 saturated carbocycles. The maximum atomic E-state index is 12.7. The van der Waals surface area contributed by atoms with Gasteiger partial charge in [-0.1, -0.05) is 18.2 Å². The third-order valence-electron chi connectivity index (χ3n) is 5.22. The summed E-state index contributed by atoms with van der Waals surface area (Å²) in [4.78, 5) is 54.3. The van der Waals surface area contributed by atoms with Gasteiger partial charge in [0.05, 0.1) is 4.91 Å². The number of amides is 3. The number of imide groups is 1. The molecule has 0 spiro atoms. The van der Waals surface area contributed by atoms with Crippen LogP contribution in [0, 0.1) is 0 Å². The minimum atomic E-state index is -0.579. The highest BCUT2D eigenvalue weighted by atomic mass is 32.2. The van der Waals surface area contributed by atoms with Gasteiger partial charge in [-0.2, -0.15) is 0 Å². The number of hydrogen-bond acceptors (Lipinski definition) is 7. The summed E-state index contributed by atoms with van der Waals surface area (Å²) in [5.74, 6) is 0.181. The second-order valence-electron chi connectivity index (χ2n) is 7.28. The molecule has 0 unspecified atom stereocenters. The lowest BCUT2D eigenvalue weighted by Crippen LogP contribution is -2.38. The smallest absolute Gasteiger partial charge is 0.293 e. The number of fused-ring (bicyclic) bond motifs is 2. The normalized spacial score (nSPS) is 16.1. The summed E-state index contributed by atoms with van der Waals surface area (Å²) in [6, 6.07) is 12.1. The molecule has 1 saturated heterocycles. The second kappa shape index (κ2) is 8.47. The summed E-state index contributed by atoms with van der Waals surface area (Å²) in [5, 5.41) is 2.58. The molecule has 0 aliphatic carbocycles. The largest absolute Gasteiger partial charge is 0.454 e. The van der Waals surface area contributed by atoms with Crippen molar-refractivity contribution in [2.24, 2.45) is 0 Å². The fourth-order valence-corrected chi connectivity index (χ4v) is 4.42. The average Bonchev–Trinajstić information content (AvgIpc) is 3.38. The van der Waals surface area contributed by atoms with E-state index in [0.29, 0.717) is 28.0 Å². The number of pyridine rings is 1. The molecule has 1 fully saturated rings. The zero-order valence-corrected chi connectivity index (χ0v) is 17.9. The first kappa shape index (κ1) is 20.8. The first-order chi connectivity index (χ1) is 16.0. The Hall–Kier alpha value is -4.05. The Kier molecular flexibility index (Phi) is 5.35. The number of nitrogens with zero attached hydrogens (tertiary/aromatic N) is 1. The van der Waals surface area contributed by atoms with Crippen molar-refractivity contribution in [1.82, 2.24) is 15.2 Å². The van der Waals surface area contributed by atoms with Crippen LogP contribution in [0.4, 0.5) is 4.79 Å². The van der Waals surface area contributed by atoms with E-state index in [-0.39, 0.29) is 35.8 Å². The van der Waals surface area contributed by atoms with Crippen LogP contribution in [0.2, 0.25) is 0 Å². The molecule has 9 nitrogen and oxygen atoms in total. The van der Waals surface area contributed by atoms with Gasteiger partial charge in [0.15, 0.2) is 11.5 Å². The average molecular weight is 463 g/mol. The van der Waals surface area contributed by atoms with Gasteiger partial charge in [-0.3, -0.25) is 24.1 Å². The van der Waals surface area contributed by atoms with E-state index < -0.39 is 17.1 Å². The molecule has 0 bridgehead atoms. The van der Waals surface area contributed by atoms with E-state index in [2.05, 4.69) is 10.3 Å². The first-order valence-electron chi connectivity index (χ1n) is 10.0. The van der Waals surface area contributed by atoms with Crippen LogP contribution in [0.15, 0.2) is 58.4 Å². The molecule has 2 aliphatic rings. The fourth-order valence-electron chi connectivity index (χ4n) is 3.56. The van der Waals surface area contributed by atoms with Crippen LogP contribution in [0.3, 0.4) is 0 Å². The molecule has 3 aromatic rings. The first-order valence-corrected chi connectivity index (χ1v) is 10.9. The monoisotopic (exact) mass is 463 g/mol. The van der Waals surface area contributed by atoms with E-state index >= 15 is 0 Å². The molecular weight excluding hydrogens is 446 g/mol. The SMILES string of the molecule is O=C(NCCN1C(=O)S/C(=C/c2ccc3c(c2)OCO3)C1=O)c1c[nH]c2ccccc2c1=O. The Morgan fingerprint density at radius 2 is 1.94 bits per heavy atom. The molecule has 2 aromatic carbocycles. The number of rotatable bonds is 5. The Morgan fingerprint density at radius 1 is 1.12 bits per heavy atom. The van der Waals surface area contributed by atoms with E-state index in [0.717, 1.165) is 16.7 Å². The minimum Gasteiger partial charge on any atom is -0.454 e. The molecule has 1 aromatic heterocycles. The zero-order valence-electron chi connectivity index (χ0n) is 17.1. The molecule has 0 radical (unpaired) electrons. The maximum Gasteiger partial charge on any atom is 0.293 e. The van der Waals surface area contributed by atoms with Gasteiger partial charge in [0, 0.05) is 30.2 Å². The molecule has 2 aliphatic heterocycles. The van der Waals surface area contributed by atoms with Crippen molar-refractivity contribution in [3.8, 4) is 11.5 Å². The third kappa shape index (κ3) is 3.96. The van der Waals surface area contributed by atoms with Crippen LogP contribution in [0.1, 0.15) is 15.9 Å². The van der Waals surface area contributed by atoms with Crippen LogP contribution >= 0.6 is 11.8 Å². The van der Waals surface area contributed by atoms with Gasteiger partial charge in [-0.25, -0.2) is 0 Å². The van der Waals surface area contributed by atoms with Gasteiger partial charge >= 0.3 is 0 Å². The number of carbonyl (C=O) groups excluding carboxylic acids is 3. The number of benzene rings is 2. The van der Waals surface area contributed by atoms with Crippen molar-refractivity contribution in [1.29, 1.82) is 0 Å². The highest BCUT2D eigenvalue weighted by Gasteiger charge is 2.34. The quantitative estimate of drug-likeness (QED) is 0.559. The highest BCUT2D eigenvalue weighted by Crippen LogP contribution is 2.36. The van der Waals surface area contributed by atoms with Crippen molar-refractivity contribution in [2.45, 2.75) is 0 Å². The molecule has 10 heteroatoms. The van der Waals surface area contributed by atoms with E-state index in [1.807, 2.05) is 0 Å². The van der Waals surface area contributed by atoms with Crippen molar-refractivity contribution in [3.05, 3.63) is 74.9 Å². The van der Waals surface area contributed by atoms with Crippen molar-refractivity contribution >= 4 is 45.8 Å². The van der Waals surface area contributed by atoms with Gasteiger partial charge < -0.3 is 19.8 Å². The summed E-state index contributed by atoms with van der Waals surface area (Å²) in [7, 11) is 0. The maximum absolute atomic E-state index is 12.7. The number of thioether (sulfide) groups is 1. The number of nitrogens with one attached hydrogen (secondary N) is 2. The van der Waals surface area contributed by atoms with Gasteiger partial charge in [-0.15, -0.1) is 0 Å². The topological polar surface area (TPSA) is 118 Å². The van der Waals surface area contributed by atoms with Gasteiger partial charge in [-0.05, 0) is 47.7 Å². The summed E-state index contributed by atoms with van der Waals surface area (Å²) < 4.78 is 10.6. The zero-order chi connectivity index (χ0) is 22.9. The number of ether oxygens (including phenoxy) is 2. The highest BCUT2D eigenvalue weighted by molar-refractivity contribution is 8.18. The number of hydrogen-bond donors (Lipinski definition) is 2. The van der Waals surface area contributed by atoms with Crippen LogP contribution in [-0.4, -0.2) is 46.8 Å². The molecular formula is C23H17N3O6S. The summed E-state index contributed by atoms with van der Waals surface area (Å²) >= 11 is 0.828.